The fourth-order valence-corrected chi connectivity index (χ4v) is 3.50. The van der Waals surface area contributed by atoms with Gasteiger partial charge in [-0.1, -0.05) is 36.4 Å². The molecule has 2 aromatic carbocycles. The number of amides is 1. The third-order valence-electron chi connectivity index (χ3n) is 4.95. The van der Waals surface area contributed by atoms with Crippen molar-refractivity contribution in [2.75, 3.05) is 19.7 Å². The van der Waals surface area contributed by atoms with Gasteiger partial charge in [0.15, 0.2) is 6.10 Å². The quantitative estimate of drug-likeness (QED) is 0.753. The van der Waals surface area contributed by atoms with Gasteiger partial charge in [0, 0.05) is 23.0 Å². The van der Waals surface area contributed by atoms with E-state index in [0.717, 1.165) is 10.9 Å². The summed E-state index contributed by atoms with van der Waals surface area (Å²) in [6.07, 6.45) is -1.04. The Kier molecular flexibility index (Phi) is 4.83. The van der Waals surface area contributed by atoms with Crippen LogP contribution in [0, 0.1) is 5.82 Å². The first-order valence-corrected chi connectivity index (χ1v) is 9.00. The average Bonchev–Trinajstić information content (AvgIpc) is 3.08. The molecule has 0 saturated carbocycles. The Bertz CT molecular complexity index is 1050. The fourth-order valence-electron chi connectivity index (χ4n) is 3.50. The first kappa shape index (κ1) is 18.2. The van der Waals surface area contributed by atoms with Crippen molar-refractivity contribution < 1.29 is 23.8 Å². The van der Waals surface area contributed by atoms with E-state index < -0.39 is 12.1 Å². The van der Waals surface area contributed by atoms with Crippen molar-refractivity contribution in [3.63, 3.8) is 0 Å². The summed E-state index contributed by atoms with van der Waals surface area (Å²) in [7, 11) is 0. The van der Waals surface area contributed by atoms with Gasteiger partial charge in [-0.15, -0.1) is 0 Å². The number of fused-ring (bicyclic) bond motifs is 1. The number of para-hydroxylation sites is 1. The maximum Gasteiger partial charge on any atom is 0.334 e. The molecule has 1 amide bonds. The van der Waals surface area contributed by atoms with Gasteiger partial charge in [-0.25, -0.2) is 9.18 Å². The second kappa shape index (κ2) is 7.44. The minimum Gasteiger partial charge on any atom is -0.479 e. The molecule has 0 radical (unpaired) electrons. The number of carbonyl (C=O) groups is 2. The standard InChI is InChI=1S/C21H19FN2O4/c22-16-7-3-1-6-15(16)12-24-17-8-4-2-5-14(17)11-18(24)20(25)23-9-10-28-19(13-23)21(26)27/h1-8,11,19H,9-10,12-13H2,(H,26,27). The number of hydrogen-bond acceptors (Lipinski definition) is 3. The van der Waals surface area contributed by atoms with Gasteiger partial charge in [0.25, 0.3) is 5.91 Å². The number of benzene rings is 2. The Labute approximate surface area is 160 Å². The minimum atomic E-state index is -1.09. The lowest BCUT2D eigenvalue weighted by Crippen LogP contribution is -2.48. The summed E-state index contributed by atoms with van der Waals surface area (Å²) in [6, 6.07) is 15.7. The maximum absolute atomic E-state index is 14.2. The van der Waals surface area contributed by atoms with E-state index in [2.05, 4.69) is 0 Å². The van der Waals surface area contributed by atoms with E-state index in [-0.39, 0.29) is 31.4 Å². The van der Waals surface area contributed by atoms with Crippen LogP contribution in [0.15, 0.2) is 54.6 Å². The van der Waals surface area contributed by atoms with Crippen LogP contribution >= 0.6 is 0 Å². The normalized spacial score (nSPS) is 17.0. The summed E-state index contributed by atoms with van der Waals surface area (Å²) in [5, 5.41) is 10.1. The number of aliphatic carboxylic acids is 1. The summed E-state index contributed by atoms with van der Waals surface area (Å²) in [5.41, 5.74) is 1.69. The summed E-state index contributed by atoms with van der Waals surface area (Å²) >= 11 is 0. The van der Waals surface area contributed by atoms with Crippen molar-refractivity contribution >= 4 is 22.8 Å². The molecule has 1 fully saturated rings. The molecule has 4 rings (SSSR count). The maximum atomic E-state index is 14.2. The van der Waals surface area contributed by atoms with Gasteiger partial charge in [-0.05, 0) is 18.2 Å². The molecule has 7 heteroatoms. The van der Waals surface area contributed by atoms with Crippen LogP contribution in [0.4, 0.5) is 4.39 Å². The number of rotatable bonds is 4. The molecule has 1 atom stereocenters. The second-order valence-corrected chi connectivity index (χ2v) is 6.71. The molecule has 2 heterocycles. The lowest BCUT2D eigenvalue weighted by Gasteiger charge is -2.31. The SMILES string of the molecule is O=C(O)C1CN(C(=O)c2cc3ccccc3n2Cc2ccccc2F)CCO1. The molecule has 1 aliphatic heterocycles. The number of ether oxygens (including phenoxy) is 1. The lowest BCUT2D eigenvalue weighted by molar-refractivity contribution is -0.154. The molecule has 1 unspecified atom stereocenters. The number of carboxylic acid groups (broad SMARTS) is 1. The van der Waals surface area contributed by atoms with E-state index in [0.29, 0.717) is 17.8 Å². The molecule has 144 valence electrons. The molecule has 0 spiro atoms. The number of carboxylic acids is 1. The highest BCUT2D eigenvalue weighted by atomic mass is 19.1. The van der Waals surface area contributed by atoms with Crippen molar-refractivity contribution in [1.82, 2.24) is 9.47 Å². The zero-order valence-electron chi connectivity index (χ0n) is 15.0. The molecular weight excluding hydrogens is 363 g/mol. The lowest BCUT2D eigenvalue weighted by atomic mass is 10.2. The van der Waals surface area contributed by atoms with Crippen LogP contribution in [0.1, 0.15) is 16.1 Å². The van der Waals surface area contributed by atoms with E-state index in [4.69, 9.17) is 4.74 Å². The zero-order chi connectivity index (χ0) is 19.7. The van der Waals surface area contributed by atoms with Crippen LogP contribution in [-0.2, 0) is 16.1 Å². The molecular formula is C21H19FN2O4. The van der Waals surface area contributed by atoms with Crippen molar-refractivity contribution in [1.29, 1.82) is 0 Å². The highest BCUT2D eigenvalue weighted by Gasteiger charge is 2.31. The van der Waals surface area contributed by atoms with Gasteiger partial charge < -0.3 is 19.3 Å². The van der Waals surface area contributed by atoms with Crippen LogP contribution in [0.5, 0.6) is 0 Å². The predicted octanol–water partition coefficient (Wildman–Crippen LogP) is 2.75. The Morgan fingerprint density at radius 2 is 1.89 bits per heavy atom. The first-order chi connectivity index (χ1) is 13.5. The van der Waals surface area contributed by atoms with Crippen LogP contribution in [0.3, 0.4) is 0 Å². The van der Waals surface area contributed by atoms with Crippen molar-refractivity contribution in [3.05, 3.63) is 71.7 Å². The first-order valence-electron chi connectivity index (χ1n) is 9.00. The van der Waals surface area contributed by atoms with Crippen molar-refractivity contribution in [3.8, 4) is 0 Å². The monoisotopic (exact) mass is 382 g/mol. The van der Waals surface area contributed by atoms with Gasteiger partial charge in [0.2, 0.25) is 0 Å². The number of morpholine rings is 1. The fraction of sp³-hybridized carbons (Fsp3) is 0.238. The zero-order valence-corrected chi connectivity index (χ0v) is 15.0. The molecule has 1 N–H and O–H groups in total. The van der Waals surface area contributed by atoms with E-state index >= 15 is 0 Å². The van der Waals surface area contributed by atoms with E-state index in [1.54, 1.807) is 28.8 Å². The highest BCUT2D eigenvalue weighted by molar-refractivity contribution is 5.99. The number of hydrogen-bond donors (Lipinski definition) is 1. The van der Waals surface area contributed by atoms with Gasteiger partial charge >= 0.3 is 5.97 Å². The Balaban J connectivity index is 1.73. The topological polar surface area (TPSA) is 71.8 Å². The molecule has 1 saturated heterocycles. The van der Waals surface area contributed by atoms with Crippen molar-refractivity contribution in [2.45, 2.75) is 12.6 Å². The third-order valence-corrected chi connectivity index (χ3v) is 4.95. The summed E-state index contributed by atoms with van der Waals surface area (Å²) in [6.45, 7) is 0.656. The summed E-state index contributed by atoms with van der Waals surface area (Å²) in [5.74, 6) is -1.72. The van der Waals surface area contributed by atoms with E-state index in [9.17, 15) is 19.1 Å². The molecule has 6 nitrogen and oxygen atoms in total. The van der Waals surface area contributed by atoms with Crippen LogP contribution in [0.25, 0.3) is 10.9 Å². The highest BCUT2D eigenvalue weighted by Crippen LogP contribution is 2.24. The predicted molar refractivity (Wildman–Crippen MR) is 101 cm³/mol. The Morgan fingerprint density at radius 3 is 2.68 bits per heavy atom. The molecule has 0 aliphatic carbocycles. The number of nitrogens with zero attached hydrogens (tertiary/aromatic N) is 2. The van der Waals surface area contributed by atoms with Gasteiger partial charge in [0.1, 0.15) is 11.5 Å². The molecule has 1 aromatic heterocycles. The van der Waals surface area contributed by atoms with E-state index in [1.165, 1.54) is 11.0 Å². The molecule has 0 bridgehead atoms. The summed E-state index contributed by atoms with van der Waals surface area (Å²) in [4.78, 5) is 25.9. The van der Waals surface area contributed by atoms with Gasteiger partial charge in [-0.3, -0.25) is 4.79 Å². The molecule has 28 heavy (non-hydrogen) atoms. The Hall–Kier alpha value is -3.19. The number of halogens is 1. The summed E-state index contributed by atoms with van der Waals surface area (Å²) < 4.78 is 21.2. The third kappa shape index (κ3) is 3.36. The Morgan fingerprint density at radius 1 is 1.14 bits per heavy atom. The van der Waals surface area contributed by atoms with E-state index in [1.807, 2.05) is 24.3 Å². The smallest absolute Gasteiger partial charge is 0.334 e. The number of carbonyl (C=O) groups excluding carboxylic acids is 1. The van der Waals surface area contributed by atoms with Gasteiger partial charge in [-0.2, -0.15) is 0 Å². The largest absolute Gasteiger partial charge is 0.479 e. The minimum absolute atomic E-state index is 0.0185. The molecule has 1 aliphatic rings. The van der Waals surface area contributed by atoms with Crippen LogP contribution < -0.4 is 0 Å². The van der Waals surface area contributed by atoms with Crippen LogP contribution in [-0.4, -0.2) is 52.3 Å². The van der Waals surface area contributed by atoms with Gasteiger partial charge in [0.05, 0.1) is 19.7 Å². The van der Waals surface area contributed by atoms with Crippen LogP contribution in [0.2, 0.25) is 0 Å². The second-order valence-electron chi connectivity index (χ2n) is 6.71. The number of aromatic nitrogens is 1. The van der Waals surface area contributed by atoms with Crippen molar-refractivity contribution in [2.24, 2.45) is 0 Å². The molecule has 3 aromatic rings. The average molecular weight is 382 g/mol.